The lowest BCUT2D eigenvalue weighted by Gasteiger charge is -2.15. The summed E-state index contributed by atoms with van der Waals surface area (Å²) in [6.07, 6.45) is 4.22. The van der Waals surface area contributed by atoms with Crippen LogP contribution in [0.1, 0.15) is 32.6 Å². The molecule has 4 nitrogen and oxygen atoms in total. The van der Waals surface area contributed by atoms with Crippen molar-refractivity contribution in [1.82, 2.24) is 5.32 Å². The van der Waals surface area contributed by atoms with Gasteiger partial charge in [-0.3, -0.25) is 4.79 Å². The van der Waals surface area contributed by atoms with Gasteiger partial charge in [-0.25, -0.2) is 0 Å². The largest absolute Gasteiger partial charge is 0.493 e. The topological polar surface area (TPSA) is 64.3 Å². The first-order valence-electron chi connectivity index (χ1n) is 7.40. The van der Waals surface area contributed by atoms with E-state index in [1.54, 1.807) is 12.1 Å². The number of anilines is 1. The van der Waals surface area contributed by atoms with Crippen LogP contribution in [-0.2, 0) is 4.79 Å². The fourth-order valence-electron chi connectivity index (χ4n) is 2.68. The van der Waals surface area contributed by atoms with Gasteiger partial charge in [0.2, 0.25) is 5.91 Å². The maximum absolute atomic E-state index is 11.7. The van der Waals surface area contributed by atoms with E-state index in [0.29, 0.717) is 24.6 Å². The van der Waals surface area contributed by atoms with Gasteiger partial charge < -0.3 is 15.8 Å². The summed E-state index contributed by atoms with van der Waals surface area (Å²) >= 11 is 0. The summed E-state index contributed by atoms with van der Waals surface area (Å²) in [4.78, 5) is 11.7. The zero-order valence-electron chi connectivity index (χ0n) is 12.1. The number of amides is 1. The Morgan fingerprint density at radius 2 is 2.10 bits per heavy atom. The molecule has 2 unspecified atom stereocenters. The Balaban J connectivity index is 1.61. The first-order valence-corrected chi connectivity index (χ1v) is 7.40. The molecule has 1 saturated carbocycles. The third kappa shape index (κ3) is 4.44. The van der Waals surface area contributed by atoms with Crippen molar-refractivity contribution in [2.24, 2.45) is 11.8 Å². The standard InChI is InChI=1S/C16H24N2O2/c1-12-3-2-4-13(12)11-18-16(19)9-10-20-15-7-5-14(17)6-8-15/h5-8,12-13H,2-4,9-11,17H2,1H3,(H,18,19). The van der Waals surface area contributed by atoms with Crippen molar-refractivity contribution in [3.05, 3.63) is 24.3 Å². The second-order valence-electron chi connectivity index (χ2n) is 5.64. The monoisotopic (exact) mass is 276 g/mol. The van der Waals surface area contributed by atoms with Gasteiger partial charge in [0.25, 0.3) is 0 Å². The molecule has 1 aromatic rings. The Kier molecular flexibility index (Phi) is 5.27. The zero-order chi connectivity index (χ0) is 14.4. The minimum atomic E-state index is 0.0690. The highest BCUT2D eigenvalue weighted by Gasteiger charge is 2.23. The SMILES string of the molecule is CC1CCCC1CNC(=O)CCOc1ccc(N)cc1. The quantitative estimate of drug-likeness (QED) is 0.785. The van der Waals surface area contributed by atoms with Crippen LogP contribution in [0.2, 0.25) is 0 Å². The molecule has 4 heteroatoms. The van der Waals surface area contributed by atoms with Crippen molar-refractivity contribution in [3.63, 3.8) is 0 Å². The number of hydrogen-bond donors (Lipinski definition) is 2. The first kappa shape index (κ1) is 14.7. The van der Waals surface area contributed by atoms with Crippen LogP contribution in [0.3, 0.4) is 0 Å². The molecule has 1 fully saturated rings. The van der Waals surface area contributed by atoms with Crippen molar-refractivity contribution >= 4 is 11.6 Å². The van der Waals surface area contributed by atoms with Crippen LogP contribution in [-0.4, -0.2) is 19.1 Å². The van der Waals surface area contributed by atoms with Gasteiger partial charge in [0.05, 0.1) is 13.0 Å². The van der Waals surface area contributed by atoms with Crippen LogP contribution in [0, 0.1) is 11.8 Å². The summed E-state index contributed by atoms with van der Waals surface area (Å²) < 4.78 is 5.51. The highest BCUT2D eigenvalue weighted by atomic mass is 16.5. The molecule has 3 N–H and O–H groups in total. The van der Waals surface area contributed by atoms with E-state index in [1.807, 2.05) is 12.1 Å². The lowest BCUT2D eigenvalue weighted by atomic mass is 9.98. The van der Waals surface area contributed by atoms with E-state index in [9.17, 15) is 4.79 Å². The van der Waals surface area contributed by atoms with E-state index >= 15 is 0 Å². The van der Waals surface area contributed by atoms with Crippen LogP contribution >= 0.6 is 0 Å². The molecule has 0 spiro atoms. The maximum atomic E-state index is 11.7. The molecule has 0 saturated heterocycles. The van der Waals surface area contributed by atoms with Crippen LogP contribution in [0.15, 0.2) is 24.3 Å². The summed E-state index contributed by atoms with van der Waals surface area (Å²) in [7, 11) is 0. The maximum Gasteiger partial charge on any atom is 0.223 e. The third-order valence-electron chi connectivity index (χ3n) is 4.08. The molecule has 1 aliphatic carbocycles. The van der Waals surface area contributed by atoms with E-state index in [-0.39, 0.29) is 5.91 Å². The Hall–Kier alpha value is -1.71. The Morgan fingerprint density at radius 1 is 1.35 bits per heavy atom. The lowest BCUT2D eigenvalue weighted by molar-refractivity contribution is -0.121. The third-order valence-corrected chi connectivity index (χ3v) is 4.08. The van der Waals surface area contributed by atoms with Gasteiger partial charge in [0, 0.05) is 12.2 Å². The number of nitrogens with two attached hydrogens (primary N) is 1. The van der Waals surface area contributed by atoms with Gasteiger partial charge >= 0.3 is 0 Å². The van der Waals surface area contributed by atoms with Crippen molar-refractivity contribution in [2.75, 3.05) is 18.9 Å². The summed E-state index contributed by atoms with van der Waals surface area (Å²) in [6, 6.07) is 7.20. The molecule has 0 bridgehead atoms. The number of benzene rings is 1. The predicted octanol–water partition coefficient (Wildman–Crippen LogP) is 2.59. The number of nitrogens with one attached hydrogen (secondary N) is 1. The average molecular weight is 276 g/mol. The molecule has 0 aliphatic heterocycles. The van der Waals surface area contributed by atoms with Crippen molar-refractivity contribution in [3.8, 4) is 5.75 Å². The Bertz CT molecular complexity index is 431. The van der Waals surface area contributed by atoms with Crippen molar-refractivity contribution in [1.29, 1.82) is 0 Å². The van der Waals surface area contributed by atoms with Crippen LogP contribution in [0.5, 0.6) is 5.75 Å². The van der Waals surface area contributed by atoms with E-state index in [1.165, 1.54) is 19.3 Å². The van der Waals surface area contributed by atoms with Crippen LogP contribution in [0.25, 0.3) is 0 Å². The molecular formula is C16H24N2O2. The number of carbonyl (C=O) groups is 1. The van der Waals surface area contributed by atoms with Gasteiger partial charge in [-0.15, -0.1) is 0 Å². The van der Waals surface area contributed by atoms with Crippen molar-refractivity contribution in [2.45, 2.75) is 32.6 Å². The number of hydrogen-bond acceptors (Lipinski definition) is 3. The molecule has 2 rings (SSSR count). The van der Waals surface area contributed by atoms with Gasteiger partial charge in [0.1, 0.15) is 5.75 Å². The molecule has 1 amide bonds. The van der Waals surface area contributed by atoms with Crippen LogP contribution < -0.4 is 15.8 Å². The Morgan fingerprint density at radius 3 is 2.75 bits per heavy atom. The average Bonchev–Trinajstić information content (AvgIpc) is 2.84. The number of rotatable bonds is 6. The molecule has 2 atom stereocenters. The molecule has 1 aromatic carbocycles. The number of carbonyl (C=O) groups excluding carboxylic acids is 1. The molecular weight excluding hydrogens is 252 g/mol. The smallest absolute Gasteiger partial charge is 0.223 e. The highest BCUT2D eigenvalue weighted by Crippen LogP contribution is 2.30. The summed E-state index contributed by atoms with van der Waals surface area (Å²) in [5, 5.41) is 3.01. The summed E-state index contributed by atoms with van der Waals surface area (Å²) in [5.41, 5.74) is 6.30. The van der Waals surface area contributed by atoms with E-state index in [0.717, 1.165) is 18.2 Å². The minimum Gasteiger partial charge on any atom is -0.493 e. The zero-order valence-corrected chi connectivity index (χ0v) is 12.1. The molecule has 0 radical (unpaired) electrons. The minimum absolute atomic E-state index is 0.0690. The first-order chi connectivity index (χ1) is 9.65. The molecule has 0 heterocycles. The van der Waals surface area contributed by atoms with E-state index in [2.05, 4.69) is 12.2 Å². The second-order valence-corrected chi connectivity index (χ2v) is 5.64. The second kappa shape index (κ2) is 7.17. The molecule has 20 heavy (non-hydrogen) atoms. The van der Waals surface area contributed by atoms with Crippen LogP contribution in [0.4, 0.5) is 5.69 Å². The van der Waals surface area contributed by atoms with Gasteiger partial charge in [-0.1, -0.05) is 19.8 Å². The van der Waals surface area contributed by atoms with E-state index < -0.39 is 0 Å². The predicted molar refractivity (Wildman–Crippen MR) is 80.5 cm³/mol. The Labute approximate surface area is 120 Å². The fourth-order valence-corrected chi connectivity index (χ4v) is 2.68. The van der Waals surface area contributed by atoms with Gasteiger partial charge in [-0.2, -0.15) is 0 Å². The normalized spacial score (nSPS) is 21.6. The van der Waals surface area contributed by atoms with Gasteiger partial charge in [-0.05, 0) is 42.5 Å². The van der Waals surface area contributed by atoms with Crippen molar-refractivity contribution < 1.29 is 9.53 Å². The number of ether oxygens (including phenoxy) is 1. The summed E-state index contributed by atoms with van der Waals surface area (Å²) in [5.74, 6) is 2.20. The lowest BCUT2D eigenvalue weighted by Crippen LogP contribution is -2.31. The fraction of sp³-hybridized carbons (Fsp3) is 0.562. The molecule has 1 aliphatic rings. The number of nitrogen functional groups attached to an aromatic ring is 1. The molecule has 110 valence electrons. The summed E-state index contributed by atoms with van der Waals surface area (Å²) in [6.45, 7) is 3.48. The molecule has 0 aromatic heterocycles. The van der Waals surface area contributed by atoms with Gasteiger partial charge in [0.15, 0.2) is 0 Å². The van der Waals surface area contributed by atoms with E-state index in [4.69, 9.17) is 10.5 Å². The highest BCUT2D eigenvalue weighted by molar-refractivity contribution is 5.76.